The number of nitrogens with one attached hydrogen (secondary N) is 1. The fourth-order valence-corrected chi connectivity index (χ4v) is 4.55. The number of carbonyl (C=O) groups excluding carboxylic acids is 2. The van der Waals surface area contributed by atoms with E-state index in [0.29, 0.717) is 54.8 Å². The highest BCUT2D eigenvalue weighted by atomic mass is 16.6. The van der Waals surface area contributed by atoms with Gasteiger partial charge in [-0.2, -0.15) is 0 Å². The number of para-hydroxylation sites is 1. The molecular weight excluding hydrogens is 458 g/mol. The van der Waals surface area contributed by atoms with E-state index in [9.17, 15) is 9.59 Å². The lowest BCUT2D eigenvalue weighted by molar-refractivity contribution is 0.0717. The molecule has 0 aliphatic carbocycles. The third kappa shape index (κ3) is 4.33. The monoisotopic (exact) mass is 483 g/mol. The number of hydrogen-bond acceptors (Lipinski definition) is 6. The number of ether oxygens (including phenoxy) is 2. The molecular formula is C28H25N3O5. The van der Waals surface area contributed by atoms with E-state index in [1.165, 1.54) is 0 Å². The van der Waals surface area contributed by atoms with E-state index in [0.717, 1.165) is 29.7 Å². The number of amides is 2. The smallest absolute Gasteiger partial charge is 0.289 e. The van der Waals surface area contributed by atoms with E-state index in [1.54, 1.807) is 18.2 Å². The van der Waals surface area contributed by atoms with Crippen LogP contribution in [0.3, 0.4) is 0 Å². The summed E-state index contributed by atoms with van der Waals surface area (Å²) in [5.41, 5.74) is 2.98. The summed E-state index contributed by atoms with van der Waals surface area (Å²) in [4.78, 5) is 29.7. The number of hydrogen-bond donors (Lipinski definition) is 1. The highest BCUT2D eigenvalue weighted by Crippen LogP contribution is 2.31. The average Bonchev–Trinajstić information content (AvgIpc) is 3.37. The molecule has 4 aromatic rings. The summed E-state index contributed by atoms with van der Waals surface area (Å²) in [5, 5.41) is 3.86. The van der Waals surface area contributed by atoms with Crippen LogP contribution in [-0.4, -0.2) is 56.1 Å². The molecule has 0 radical (unpaired) electrons. The molecule has 8 heteroatoms. The predicted molar refractivity (Wildman–Crippen MR) is 136 cm³/mol. The van der Waals surface area contributed by atoms with Gasteiger partial charge >= 0.3 is 0 Å². The number of piperazine rings is 1. The van der Waals surface area contributed by atoms with E-state index in [-0.39, 0.29) is 11.8 Å². The lowest BCUT2D eigenvalue weighted by Crippen LogP contribution is -2.48. The topological polar surface area (TPSA) is 84.3 Å². The number of furan rings is 1. The van der Waals surface area contributed by atoms with E-state index in [4.69, 9.17) is 13.9 Å². The Labute approximate surface area is 208 Å². The second-order valence-electron chi connectivity index (χ2n) is 8.79. The van der Waals surface area contributed by atoms with Gasteiger partial charge in [0.05, 0.1) is 0 Å². The Kier molecular flexibility index (Phi) is 5.69. The van der Waals surface area contributed by atoms with Crippen molar-refractivity contribution in [3.63, 3.8) is 0 Å². The molecule has 0 atom stereocenters. The Morgan fingerprint density at radius 3 is 2.31 bits per heavy atom. The molecule has 182 valence electrons. The van der Waals surface area contributed by atoms with Gasteiger partial charge in [0, 0.05) is 48.5 Å². The molecule has 2 aliphatic heterocycles. The zero-order valence-electron chi connectivity index (χ0n) is 19.6. The van der Waals surface area contributed by atoms with Crippen LogP contribution in [0.2, 0.25) is 0 Å². The average molecular weight is 484 g/mol. The number of carbonyl (C=O) groups is 2. The van der Waals surface area contributed by atoms with Crippen molar-refractivity contribution >= 4 is 34.2 Å². The third-order valence-electron chi connectivity index (χ3n) is 6.50. The maximum absolute atomic E-state index is 12.9. The first-order chi connectivity index (χ1) is 17.6. The highest BCUT2D eigenvalue weighted by molar-refractivity contribution is 6.04. The number of benzene rings is 3. The number of nitrogens with zero attached hydrogens (tertiary/aromatic N) is 2. The van der Waals surface area contributed by atoms with Crippen LogP contribution in [0, 0.1) is 0 Å². The quantitative estimate of drug-likeness (QED) is 0.463. The summed E-state index contributed by atoms with van der Waals surface area (Å²) in [6.07, 6.45) is 0. The van der Waals surface area contributed by atoms with Crippen molar-refractivity contribution in [2.45, 2.75) is 0 Å². The molecule has 1 N–H and O–H groups in total. The van der Waals surface area contributed by atoms with Crippen LogP contribution < -0.4 is 19.7 Å². The lowest BCUT2D eigenvalue weighted by atomic mass is 10.1. The van der Waals surface area contributed by atoms with Gasteiger partial charge in [-0.1, -0.05) is 18.2 Å². The van der Waals surface area contributed by atoms with Gasteiger partial charge in [0.2, 0.25) is 0 Å². The summed E-state index contributed by atoms with van der Waals surface area (Å²) in [6.45, 7) is 3.64. The highest BCUT2D eigenvalue weighted by Gasteiger charge is 2.25. The van der Waals surface area contributed by atoms with Crippen molar-refractivity contribution < 1.29 is 23.5 Å². The van der Waals surface area contributed by atoms with Crippen molar-refractivity contribution in [2.24, 2.45) is 0 Å². The molecule has 1 aromatic heterocycles. The Balaban J connectivity index is 1.05. The van der Waals surface area contributed by atoms with Crippen LogP contribution in [0.25, 0.3) is 11.0 Å². The Morgan fingerprint density at radius 2 is 1.53 bits per heavy atom. The minimum atomic E-state index is -0.211. The zero-order valence-corrected chi connectivity index (χ0v) is 19.6. The minimum Gasteiger partial charge on any atom is -0.486 e. The van der Waals surface area contributed by atoms with Gasteiger partial charge in [-0.25, -0.2) is 0 Å². The van der Waals surface area contributed by atoms with Gasteiger partial charge in [-0.05, 0) is 54.6 Å². The largest absolute Gasteiger partial charge is 0.486 e. The van der Waals surface area contributed by atoms with Crippen LogP contribution in [0.15, 0.2) is 77.2 Å². The van der Waals surface area contributed by atoms with Crippen LogP contribution in [0.5, 0.6) is 11.5 Å². The summed E-state index contributed by atoms with van der Waals surface area (Å²) in [6, 6.07) is 22.4. The second-order valence-corrected chi connectivity index (χ2v) is 8.79. The number of anilines is 2. The van der Waals surface area contributed by atoms with E-state index >= 15 is 0 Å². The fraction of sp³-hybridized carbons (Fsp3) is 0.214. The molecule has 0 saturated carbocycles. The standard InChI is InChI=1S/C28H25N3O5/c32-27(20-5-10-24-25(18-20)35-16-15-34-24)29-21-6-8-22(9-7-21)30-11-13-31(14-12-30)28(33)26-17-19-3-1-2-4-23(19)36-26/h1-10,17-18H,11-16H2,(H,29,32). The number of fused-ring (bicyclic) bond motifs is 2. The zero-order chi connectivity index (χ0) is 24.5. The molecule has 3 aromatic carbocycles. The summed E-state index contributed by atoms with van der Waals surface area (Å²) >= 11 is 0. The van der Waals surface area contributed by atoms with Gasteiger partial charge in [0.15, 0.2) is 17.3 Å². The van der Waals surface area contributed by atoms with Gasteiger partial charge in [0.1, 0.15) is 18.8 Å². The minimum absolute atomic E-state index is 0.0805. The molecule has 0 spiro atoms. The Hall–Kier alpha value is -4.46. The van der Waals surface area contributed by atoms with Crippen molar-refractivity contribution in [3.8, 4) is 11.5 Å². The molecule has 8 nitrogen and oxygen atoms in total. The molecule has 0 unspecified atom stereocenters. The fourth-order valence-electron chi connectivity index (χ4n) is 4.55. The summed E-state index contributed by atoms with van der Waals surface area (Å²) < 4.78 is 16.8. The molecule has 0 bridgehead atoms. The van der Waals surface area contributed by atoms with Gasteiger partial charge in [-0.3, -0.25) is 9.59 Å². The molecule has 2 amide bonds. The molecule has 1 fully saturated rings. The predicted octanol–water partition coefficient (Wildman–Crippen LogP) is 4.42. The molecule has 1 saturated heterocycles. The van der Waals surface area contributed by atoms with Gasteiger partial charge in [0.25, 0.3) is 11.8 Å². The van der Waals surface area contributed by atoms with Crippen LogP contribution in [-0.2, 0) is 0 Å². The number of rotatable bonds is 4. The first kappa shape index (κ1) is 22.0. The molecule has 6 rings (SSSR count). The van der Waals surface area contributed by atoms with E-state index < -0.39 is 0 Å². The van der Waals surface area contributed by atoms with Crippen LogP contribution in [0.1, 0.15) is 20.9 Å². The normalized spacial score (nSPS) is 15.1. The molecule has 2 aliphatic rings. The summed E-state index contributed by atoms with van der Waals surface area (Å²) in [7, 11) is 0. The second kappa shape index (κ2) is 9.30. The van der Waals surface area contributed by atoms with Crippen molar-refractivity contribution in [3.05, 3.63) is 84.1 Å². The van der Waals surface area contributed by atoms with Gasteiger partial charge < -0.3 is 29.0 Å². The van der Waals surface area contributed by atoms with Crippen molar-refractivity contribution in [1.29, 1.82) is 0 Å². The maximum atomic E-state index is 12.9. The first-order valence-electron chi connectivity index (χ1n) is 12.0. The third-order valence-corrected chi connectivity index (χ3v) is 6.50. The summed E-state index contributed by atoms with van der Waals surface area (Å²) in [5.74, 6) is 1.33. The Morgan fingerprint density at radius 1 is 0.778 bits per heavy atom. The van der Waals surface area contributed by atoms with Crippen LogP contribution >= 0.6 is 0 Å². The van der Waals surface area contributed by atoms with Crippen molar-refractivity contribution in [2.75, 3.05) is 49.6 Å². The molecule has 3 heterocycles. The Bertz CT molecular complexity index is 1390. The molecule has 36 heavy (non-hydrogen) atoms. The SMILES string of the molecule is O=C(Nc1ccc(N2CCN(C(=O)c3cc4ccccc4o3)CC2)cc1)c1ccc2c(c1)OCCO2. The van der Waals surface area contributed by atoms with Crippen LogP contribution in [0.4, 0.5) is 11.4 Å². The lowest BCUT2D eigenvalue weighted by Gasteiger charge is -2.35. The van der Waals surface area contributed by atoms with Gasteiger partial charge in [-0.15, -0.1) is 0 Å². The van der Waals surface area contributed by atoms with E-state index in [1.807, 2.05) is 59.5 Å². The maximum Gasteiger partial charge on any atom is 0.289 e. The van der Waals surface area contributed by atoms with Crippen molar-refractivity contribution in [1.82, 2.24) is 4.90 Å². The van der Waals surface area contributed by atoms with E-state index in [2.05, 4.69) is 10.2 Å². The first-order valence-corrected chi connectivity index (χ1v) is 12.0.